The van der Waals surface area contributed by atoms with Crippen LogP contribution in [0.15, 0.2) is 12.1 Å². The number of rotatable bonds is 4. The number of carbonyl (C=O) groups is 1. The summed E-state index contributed by atoms with van der Waals surface area (Å²) < 4.78 is 11.0. The van der Waals surface area contributed by atoms with Gasteiger partial charge >= 0.3 is 0 Å². The number of benzene rings is 1. The SMILES string of the molecule is Cc1cc2c(cc1C(=O)CC(C)(C)CN)OCCO2. The molecule has 4 nitrogen and oxygen atoms in total. The van der Waals surface area contributed by atoms with Gasteiger partial charge in [0.2, 0.25) is 0 Å². The van der Waals surface area contributed by atoms with Crippen molar-refractivity contribution in [1.82, 2.24) is 0 Å². The summed E-state index contributed by atoms with van der Waals surface area (Å²) in [6, 6.07) is 3.66. The number of aryl methyl sites for hydroxylation is 1. The standard InChI is InChI=1S/C15H21NO3/c1-10-6-13-14(19-5-4-18-13)7-11(10)12(17)8-15(2,3)9-16/h6-7H,4-5,8-9,16H2,1-3H3. The van der Waals surface area contributed by atoms with Crippen molar-refractivity contribution in [1.29, 1.82) is 0 Å². The van der Waals surface area contributed by atoms with Crippen LogP contribution in [0.5, 0.6) is 11.5 Å². The summed E-state index contributed by atoms with van der Waals surface area (Å²) in [6.45, 7) is 7.48. The van der Waals surface area contributed by atoms with Gasteiger partial charge in [0.25, 0.3) is 0 Å². The van der Waals surface area contributed by atoms with Gasteiger partial charge in [0.05, 0.1) is 0 Å². The quantitative estimate of drug-likeness (QED) is 0.847. The van der Waals surface area contributed by atoms with E-state index in [1.165, 1.54) is 0 Å². The van der Waals surface area contributed by atoms with Gasteiger partial charge in [0.1, 0.15) is 13.2 Å². The van der Waals surface area contributed by atoms with Crippen LogP contribution in [0.4, 0.5) is 0 Å². The lowest BCUT2D eigenvalue weighted by molar-refractivity contribution is 0.0933. The Balaban J connectivity index is 2.27. The van der Waals surface area contributed by atoms with Crippen molar-refractivity contribution in [2.24, 2.45) is 11.1 Å². The first kappa shape index (κ1) is 13.9. The van der Waals surface area contributed by atoms with Gasteiger partial charge in [-0.25, -0.2) is 0 Å². The molecule has 1 aromatic carbocycles. The third kappa shape index (κ3) is 3.07. The molecule has 0 spiro atoms. The zero-order chi connectivity index (χ0) is 14.0. The van der Waals surface area contributed by atoms with E-state index in [-0.39, 0.29) is 11.2 Å². The van der Waals surface area contributed by atoms with Crippen molar-refractivity contribution in [2.75, 3.05) is 19.8 Å². The van der Waals surface area contributed by atoms with Crippen LogP contribution in [-0.2, 0) is 0 Å². The van der Waals surface area contributed by atoms with Gasteiger partial charge in [-0.15, -0.1) is 0 Å². The van der Waals surface area contributed by atoms with Gasteiger partial charge < -0.3 is 15.2 Å². The maximum Gasteiger partial charge on any atom is 0.163 e. The van der Waals surface area contributed by atoms with Crippen LogP contribution in [0, 0.1) is 12.3 Å². The molecule has 104 valence electrons. The molecular weight excluding hydrogens is 242 g/mol. The van der Waals surface area contributed by atoms with E-state index in [2.05, 4.69) is 0 Å². The lowest BCUT2D eigenvalue weighted by Gasteiger charge is -2.23. The molecule has 1 aromatic rings. The molecule has 0 unspecified atom stereocenters. The molecule has 19 heavy (non-hydrogen) atoms. The maximum atomic E-state index is 12.4. The molecule has 0 aromatic heterocycles. The first-order valence-electron chi connectivity index (χ1n) is 6.56. The highest BCUT2D eigenvalue weighted by molar-refractivity contribution is 5.98. The minimum atomic E-state index is -0.184. The highest BCUT2D eigenvalue weighted by Crippen LogP contribution is 2.34. The minimum absolute atomic E-state index is 0.102. The number of hydrogen-bond donors (Lipinski definition) is 1. The average molecular weight is 263 g/mol. The van der Waals surface area contributed by atoms with Crippen molar-refractivity contribution in [3.8, 4) is 11.5 Å². The van der Waals surface area contributed by atoms with Crippen LogP contribution in [0.25, 0.3) is 0 Å². The largest absolute Gasteiger partial charge is 0.486 e. The molecule has 4 heteroatoms. The normalized spacial score (nSPS) is 14.3. The van der Waals surface area contributed by atoms with Crippen molar-refractivity contribution in [3.63, 3.8) is 0 Å². The predicted octanol–water partition coefficient (Wildman–Crippen LogP) is 2.32. The molecule has 0 saturated carbocycles. The van der Waals surface area contributed by atoms with Crippen molar-refractivity contribution in [3.05, 3.63) is 23.3 Å². The molecule has 0 bridgehead atoms. The van der Waals surface area contributed by atoms with Crippen LogP contribution < -0.4 is 15.2 Å². The molecule has 1 aliphatic rings. The molecular formula is C15H21NO3. The number of hydrogen-bond acceptors (Lipinski definition) is 4. The number of ketones is 1. The van der Waals surface area contributed by atoms with E-state index in [1.807, 2.05) is 26.8 Å². The van der Waals surface area contributed by atoms with Gasteiger partial charge in [-0.2, -0.15) is 0 Å². The Labute approximate surface area is 113 Å². The van der Waals surface area contributed by atoms with Crippen LogP contribution in [0.2, 0.25) is 0 Å². The predicted molar refractivity (Wildman–Crippen MR) is 74.0 cm³/mol. The summed E-state index contributed by atoms with van der Waals surface area (Å²) >= 11 is 0. The Morgan fingerprint density at radius 1 is 1.26 bits per heavy atom. The molecule has 0 amide bonds. The Bertz CT molecular complexity index is 494. The first-order valence-corrected chi connectivity index (χ1v) is 6.56. The molecule has 1 aliphatic heterocycles. The smallest absolute Gasteiger partial charge is 0.163 e. The number of carbonyl (C=O) groups excluding carboxylic acids is 1. The monoisotopic (exact) mass is 263 g/mol. The topological polar surface area (TPSA) is 61.6 Å². The molecule has 1 heterocycles. The number of fused-ring (bicyclic) bond motifs is 1. The molecule has 0 fully saturated rings. The Hall–Kier alpha value is -1.55. The molecule has 2 N–H and O–H groups in total. The fourth-order valence-corrected chi connectivity index (χ4v) is 2.09. The zero-order valence-corrected chi connectivity index (χ0v) is 11.8. The van der Waals surface area contributed by atoms with Crippen LogP contribution >= 0.6 is 0 Å². The summed E-state index contributed by atoms with van der Waals surface area (Å²) in [7, 11) is 0. The fourth-order valence-electron chi connectivity index (χ4n) is 2.09. The average Bonchev–Trinajstić information content (AvgIpc) is 2.37. The van der Waals surface area contributed by atoms with Gasteiger partial charge in [-0.05, 0) is 36.6 Å². The Morgan fingerprint density at radius 3 is 2.42 bits per heavy atom. The van der Waals surface area contributed by atoms with Crippen molar-refractivity contribution >= 4 is 5.78 Å². The van der Waals surface area contributed by atoms with E-state index >= 15 is 0 Å². The van der Waals surface area contributed by atoms with E-state index in [9.17, 15) is 4.79 Å². The second-order valence-electron chi connectivity index (χ2n) is 5.78. The van der Waals surface area contributed by atoms with Gasteiger partial charge in [0, 0.05) is 12.0 Å². The van der Waals surface area contributed by atoms with Gasteiger partial charge in [0.15, 0.2) is 17.3 Å². The van der Waals surface area contributed by atoms with Crippen LogP contribution in [0.3, 0.4) is 0 Å². The summed E-state index contributed by atoms with van der Waals surface area (Å²) in [4.78, 5) is 12.4. The maximum absolute atomic E-state index is 12.4. The van der Waals surface area contributed by atoms with Crippen LogP contribution in [0.1, 0.15) is 36.2 Å². The highest BCUT2D eigenvalue weighted by Gasteiger charge is 2.24. The summed E-state index contributed by atoms with van der Waals surface area (Å²) in [6.07, 6.45) is 0.435. The van der Waals surface area contributed by atoms with E-state index in [4.69, 9.17) is 15.2 Å². The van der Waals surface area contributed by atoms with Gasteiger partial charge in [-0.1, -0.05) is 13.8 Å². The Kier molecular flexibility index (Phi) is 3.80. The van der Waals surface area contributed by atoms with E-state index in [1.54, 1.807) is 6.07 Å². The molecule has 0 aliphatic carbocycles. The summed E-state index contributed by atoms with van der Waals surface area (Å²) in [5.74, 6) is 1.48. The lowest BCUT2D eigenvalue weighted by Crippen LogP contribution is -2.27. The van der Waals surface area contributed by atoms with Gasteiger partial charge in [-0.3, -0.25) is 4.79 Å². The summed E-state index contributed by atoms with van der Waals surface area (Å²) in [5, 5.41) is 0. The number of Topliss-reactive ketones (excluding diaryl/α,β-unsaturated/α-hetero) is 1. The van der Waals surface area contributed by atoms with Crippen molar-refractivity contribution < 1.29 is 14.3 Å². The Morgan fingerprint density at radius 2 is 1.84 bits per heavy atom. The molecule has 0 saturated heterocycles. The second kappa shape index (κ2) is 5.21. The van der Waals surface area contributed by atoms with E-state index in [0.717, 1.165) is 11.3 Å². The lowest BCUT2D eigenvalue weighted by atomic mass is 9.85. The summed E-state index contributed by atoms with van der Waals surface area (Å²) in [5.41, 5.74) is 7.12. The minimum Gasteiger partial charge on any atom is -0.486 e. The molecule has 0 radical (unpaired) electrons. The number of nitrogens with two attached hydrogens (primary N) is 1. The molecule has 2 rings (SSSR count). The van der Waals surface area contributed by atoms with Crippen LogP contribution in [-0.4, -0.2) is 25.5 Å². The van der Waals surface area contributed by atoms with Crippen molar-refractivity contribution in [2.45, 2.75) is 27.2 Å². The third-order valence-electron chi connectivity index (χ3n) is 3.38. The fraction of sp³-hybridized carbons (Fsp3) is 0.533. The molecule has 0 atom stereocenters. The zero-order valence-electron chi connectivity index (χ0n) is 11.8. The van der Waals surface area contributed by atoms with E-state index in [0.29, 0.717) is 37.5 Å². The third-order valence-corrected chi connectivity index (χ3v) is 3.38. The highest BCUT2D eigenvalue weighted by atomic mass is 16.6. The van der Waals surface area contributed by atoms with E-state index < -0.39 is 0 Å². The second-order valence-corrected chi connectivity index (χ2v) is 5.78. The first-order chi connectivity index (χ1) is 8.93. The number of ether oxygens (including phenoxy) is 2.